The summed E-state index contributed by atoms with van der Waals surface area (Å²) < 4.78 is 33.9. The van der Waals surface area contributed by atoms with Gasteiger partial charge in [-0.1, -0.05) is 24.3 Å². The molecule has 7 nitrogen and oxygen atoms in total. The summed E-state index contributed by atoms with van der Waals surface area (Å²) in [7, 11) is -2.58. The summed E-state index contributed by atoms with van der Waals surface area (Å²) in [4.78, 5) is 18.8. The number of ether oxygens (including phenoxy) is 1. The van der Waals surface area contributed by atoms with Crippen molar-refractivity contribution in [2.45, 2.75) is 4.90 Å². The van der Waals surface area contributed by atoms with Crippen molar-refractivity contribution in [1.29, 1.82) is 0 Å². The topological polar surface area (TPSA) is 79.8 Å². The van der Waals surface area contributed by atoms with Crippen LogP contribution in [-0.4, -0.2) is 57.0 Å². The van der Waals surface area contributed by atoms with Gasteiger partial charge in [-0.25, -0.2) is 18.2 Å². The zero-order chi connectivity index (χ0) is 19.7. The number of benzene rings is 1. The monoisotopic (exact) mass is 417 g/mol. The lowest BCUT2D eigenvalue weighted by Crippen LogP contribution is -2.49. The van der Waals surface area contributed by atoms with Gasteiger partial charge in [-0.05, 0) is 18.2 Å². The van der Waals surface area contributed by atoms with Crippen molar-refractivity contribution >= 4 is 43.2 Å². The number of carbonyl (C=O) groups excluding carboxylic acids is 1. The van der Waals surface area contributed by atoms with E-state index in [-0.39, 0.29) is 9.77 Å². The normalized spacial score (nSPS) is 15.7. The van der Waals surface area contributed by atoms with Gasteiger partial charge in [-0.3, -0.25) is 0 Å². The summed E-state index contributed by atoms with van der Waals surface area (Å²) in [5, 5.41) is 0.556. The molecule has 1 saturated heterocycles. The van der Waals surface area contributed by atoms with Crippen LogP contribution in [0.4, 0.5) is 5.82 Å². The van der Waals surface area contributed by atoms with Crippen LogP contribution in [0.1, 0.15) is 9.67 Å². The summed E-state index contributed by atoms with van der Waals surface area (Å²) >= 11 is 1.14. The minimum atomic E-state index is -3.84. The number of sulfonamides is 1. The van der Waals surface area contributed by atoms with Crippen molar-refractivity contribution in [1.82, 2.24) is 9.29 Å². The Morgan fingerprint density at radius 3 is 2.46 bits per heavy atom. The van der Waals surface area contributed by atoms with Gasteiger partial charge in [0.1, 0.15) is 15.6 Å². The predicted octanol–water partition coefficient (Wildman–Crippen LogP) is 2.59. The number of nitrogens with zero attached hydrogens (tertiary/aromatic N) is 3. The summed E-state index contributed by atoms with van der Waals surface area (Å²) in [5.74, 6) is 0.197. The number of aromatic nitrogens is 1. The van der Waals surface area contributed by atoms with Crippen molar-refractivity contribution in [2.75, 3.05) is 38.2 Å². The third-order valence-corrected chi connectivity index (χ3v) is 8.00. The molecule has 1 aliphatic rings. The molecular formula is C19H19N3O4S2. The Bertz CT molecular complexity index is 1100. The third-order valence-electron chi connectivity index (χ3n) is 4.73. The van der Waals surface area contributed by atoms with Crippen LogP contribution >= 0.6 is 11.3 Å². The maximum absolute atomic E-state index is 13.4. The number of anilines is 1. The highest BCUT2D eigenvalue weighted by Crippen LogP contribution is 2.37. The predicted molar refractivity (Wildman–Crippen MR) is 108 cm³/mol. The van der Waals surface area contributed by atoms with Crippen LogP contribution in [0, 0.1) is 0 Å². The minimum Gasteiger partial charge on any atom is -0.465 e. The van der Waals surface area contributed by atoms with Crippen molar-refractivity contribution in [2.24, 2.45) is 0 Å². The van der Waals surface area contributed by atoms with E-state index in [1.165, 1.54) is 11.4 Å². The van der Waals surface area contributed by atoms with Gasteiger partial charge in [0, 0.05) is 42.5 Å². The first-order chi connectivity index (χ1) is 13.5. The van der Waals surface area contributed by atoms with Crippen molar-refractivity contribution in [3.63, 3.8) is 0 Å². The Kier molecular flexibility index (Phi) is 5.05. The molecule has 0 N–H and O–H groups in total. The van der Waals surface area contributed by atoms with Crippen LogP contribution in [-0.2, 0) is 14.8 Å². The fraction of sp³-hybridized carbons (Fsp3) is 0.263. The van der Waals surface area contributed by atoms with Gasteiger partial charge >= 0.3 is 5.97 Å². The number of carbonyl (C=O) groups is 1. The Labute approximate surface area is 167 Å². The van der Waals surface area contributed by atoms with E-state index in [0.717, 1.165) is 21.9 Å². The van der Waals surface area contributed by atoms with Crippen molar-refractivity contribution in [3.8, 4) is 0 Å². The molecule has 0 atom stereocenters. The Hall–Kier alpha value is -2.49. The quantitative estimate of drug-likeness (QED) is 0.607. The number of thiophene rings is 1. The number of esters is 1. The van der Waals surface area contributed by atoms with Crippen LogP contribution in [0.5, 0.6) is 0 Å². The zero-order valence-electron chi connectivity index (χ0n) is 15.2. The highest BCUT2D eigenvalue weighted by Gasteiger charge is 2.35. The van der Waals surface area contributed by atoms with Crippen LogP contribution in [0.3, 0.4) is 0 Å². The van der Waals surface area contributed by atoms with E-state index in [2.05, 4.69) is 9.88 Å². The standard InChI is InChI=1S/C19H19N3O4S2/c1-26-19(23)17-18(14-6-2-3-7-15(14)27-17)28(24,25)22-12-10-21(11-13-22)16-8-4-5-9-20-16/h2-9H,10-13H2,1H3. The largest absolute Gasteiger partial charge is 0.465 e. The highest BCUT2D eigenvalue weighted by atomic mass is 32.2. The molecule has 0 spiro atoms. The van der Waals surface area contributed by atoms with E-state index in [1.807, 2.05) is 30.3 Å². The molecule has 9 heteroatoms. The first kappa shape index (κ1) is 18.9. The molecule has 0 radical (unpaired) electrons. The molecule has 1 aromatic carbocycles. The maximum atomic E-state index is 13.4. The second-order valence-corrected chi connectivity index (χ2v) is 9.25. The SMILES string of the molecule is COC(=O)c1sc2ccccc2c1S(=O)(=O)N1CCN(c2ccccn2)CC1. The molecule has 3 aromatic rings. The Balaban J connectivity index is 1.67. The fourth-order valence-corrected chi connectivity index (χ4v) is 6.53. The minimum absolute atomic E-state index is 0.0474. The summed E-state index contributed by atoms with van der Waals surface area (Å²) in [5.41, 5.74) is 0. The number of fused-ring (bicyclic) bond motifs is 1. The molecular weight excluding hydrogens is 398 g/mol. The van der Waals surface area contributed by atoms with Crippen LogP contribution in [0.15, 0.2) is 53.6 Å². The number of methoxy groups -OCH3 is 1. The van der Waals surface area contributed by atoms with Gasteiger partial charge in [-0.15, -0.1) is 11.3 Å². The van der Waals surface area contributed by atoms with Gasteiger partial charge < -0.3 is 9.64 Å². The average Bonchev–Trinajstić information content (AvgIpc) is 3.14. The summed E-state index contributed by atoms with van der Waals surface area (Å²) in [6.45, 7) is 1.71. The van der Waals surface area contributed by atoms with Crippen molar-refractivity contribution in [3.05, 3.63) is 53.5 Å². The number of hydrogen-bond donors (Lipinski definition) is 0. The second-order valence-electron chi connectivity index (χ2n) is 6.33. The van der Waals surface area contributed by atoms with E-state index in [0.29, 0.717) is 31.6 Å². The van der Waals surface area contributed by atoms with E-state index in [1.54, 1.807) is 18.3 Å². The second kappa shape index (κ2) is 7.50. The van der Waals surface area contributed by atoms with E-state index < -0.39 is 16.0 Å². The van der Waals surface area contributed by atoms with Crippen LogP contribution in [0.25, 0.3) is 10.1 Å². The smallest absolute Gasteiger partial charge is 0.349 e. The molecule has 0 unspecified atom stereocenters. The van der Waals surface area contributed by atoms with Gasteiger partial charge in [0.25, 0.3) is 0 Å². The molecule has 1 fully saturated rings. The average molecular weight is 418 g/mol. The lowest BCUT2D eigenvalue weighted by atomic mass is 10.2. The number of pyridine rings is 1. The van der Waals surface area contributed by atoms with Gasteiger partial charge in [0.15, 0.2) is 0 Å². The molecule has 0 saturated carbocycles. The lowest BCUT2D eigenvalue weighted by molar-refractivity contribution is 0.0602. The summed E-state index contributed by atoms with van der Waals surface area (Å²) in [6, 6.07) is 12.8. The van der Waals surface area contributed by atoms with Gasteiger partial charge in [0.05, 0.1) is 7.11 Å². The van der Waals surface area contributed by atoms with Crippen molar-refractivity contribution < 1.29 is 17.9 Å². The number of rotatable bonds is 4. The first-order valence-corrected chi connectivity index (χ1v) is 11.0. The fourth-order valence-electron chi connectivity index (χ4n) is 3.33. The molecule has 0 aliphatic carbocycles. The zero-order valence-corrected chi connectivity index (χ0v) is 16.9. The molecule has 2 aromatic heterocycles. The van der Waals surface area contributed by atoms with E-state index in [9.17, 15) is 13.2 Å². The molecule has 3 heterocycles. The van der Waals surface area contributed by atoms with Gasteiger partial charge in [0.2, 0.25) is 10.0 Å². The lowest BCUT2D eigenvalue weighted by Gasteiger charge is -2.34. The molecule has 0 bridgehead atoms. The third kappa shape index (κ3) is 3.25. The summed E-state index contributed by atoms with van der Waals surface area (Å²) in [6.07, 6.45) is 1.72. The molecule has 4 rings (SSSR count). The molecule has 0 amide bonds. The number of hydrogen-bond acceptors (Lipinski definition) is 7. The highest BCUT2D eigenvalue weighted by molar-refractivity contribution is 7.89. The maximum Gasteiger partial charge on any atom is 0.349 e. The molecule has 28 heavy (non-hydrogen) atoms. The Morgan fingerprint density at radius 1 is 1.07 bits per heavy atom. The first-order valence-electron chi connectivity index (χ1n) is 8.78. The number of piperazine rings is 1. The molecule has 1 aliphatic heterocycles. The van der Waals surface area contributed by atoms with Crippen LogP contribution < -0.4 is 4.90 Å². The Morgan fingerprint density at radius 2 is 1.79 bits per heavy atom. The van der Waals surface area contributed by atoms with E-state index in [4.69, 9.17) is 4.74 Å². The van der Waals surface area contributed by atoms with Gasteiger partial charge in [-0.2, -0.15) is 4.31 Å². The molecule has 146 valence electrons. The van der Waals surface area contributed by atoms with E-state index >= 15 is 0 Å². The van der Waals surface area contributed by atoms with Crippen LogP contribution in [0.2, 0.25) is 0 Å².